The Morgan fingerprint density at radius 1 is 1.07 bits per heavy atom. The van der Waals surface area contributed by atoms with Crippen molar-refractivity contribution in [3.63, 3.8) is 0 Å². The number of para-hydroxylation sites is 1. The Labute approximate surface area is 169 Å². The van der Waals surface area contributed by atoms with Crippen LogP contribution >= 0.6 is 0 Å². The minimum Gasteiger partial charge on any atom is -0.387 e. The van der Waals surface area contributed by atoms with Crippen molar-refractivity contribution >= 4 is 17.4 Å². The van der Waals surface area contributed by atoms with E-state index in [4.69, 9.17) is 15.7 Å². The van der Waals surface area contributed by atoms with E-state index in [-0.39, 0.29) is 11.3 Å². The minimum atomic E-state index is 0.146. The van der Waals surface area contributed by atoms with Gasteiger partial charge in [-0.15, -0.1) is 0 Å². The van der Waals surface area contributed by atoms with Gasteiger partial charge in [-0.2, -0.15) is 0 Å². The van der Waals surface area contributed by atoms with Crippen LogP contribution in [-0.4, -0.2) is 11.7 Å². The number of nitrogens with two attached hydrogens (primary N) is 1. The summed E-state index contributed by atoms with van der Waals surface area (Å²) in [6.45, 7) is 13.2. The van der Waals surface area contributed by atoms with Crippen molar-refractivity contribution in [1.82, 2.24) is 0 Å². The van der Waals surface area contributed by atoms with Crippen LogP contribution < -0.4 is 5.73 Å². The quantitative estimate of drug-likeness (QED) is 0.493. The van der Waals surface area contributed by atoms with Gasteiger partial charge >= 0.3 is 0 Å². The zero-order valence-electron chi connectivity index (χ0n) is 18.1. The second-order valence-corrected chi connectivity index (χ2v) is 8.88. The highest BCUT2D eigenvalue weighted by molar-refractivity contribution is 6.08. The van der Waals surface area contributed by atoms with Crippen LogP contribution in [0.2, 0.25) is 0 Å². The van der Waals surface area contributed by atoms with E-state index in [0.29, 0.717) is 17.1 Å². The molecule has 3 heteroatoms. The topological polar surface area (TPSA) is 50.7 Å². The molecule has 1 saturated carbocycles. The summed E-state index contributed by atoms with van der Waals surface area (Å²) in [6.07, 6.45) is 2.36. The Morgan fingerprint density at radius 2 is 1.71 bits per heavy atom. The zero-order valence-corrected chi connectivity index (χ0v) is 18.1. The summed E-state index contributed by atoms with van der Waals surface area (Å²) in [4.78, 5) is 9.78. The third-order valence-electron chi connectivity index (χ3n) is 6.66. The number of benzene rings is 2. The lowest BCUT2D eigenvalue weighted by molar-refractivity contribution is 0.461. The Morgan fingerprint density at radius 3 is 2.32 bits per heavy atom. The first kappa shape index (κ1) is 20.3. The fourth-order valence-corrected chi connectivity index (χ4v) is 4.03. The van der Waals surface area contributed by atoms with Crippen molar-refractivity contribution in [1.29, 1.82) is 0 Å². The van der Waals surface area contributed by atoms with Crippen molar-refractivity contribution in [2.24, 2.45) is 27.1 Å². The summed E-state index contributed by atoms with van der Waals surface area (Å²) >= 11 is 0. The van der Waals surface area contributed by atoms with E-state index < -0.39 is 0 Å². The van der Waals surface area contributed by atoms with Crippen molar-refractivity contribution in [2.45, 2.75) is 59.8 Å². The van der Waals surface area contributed by atoms with Crippen LogP contribution in [0.15, 0.2) is 58.5 Å². The van der Waals surface area contributed by atoms with E-state index in [2.05, 4.69) is 71.9 Å². The molecule has 148 valence electrons. The van der Waals surface area contributed by atoms with E-state index >= 15 is 0 Å². The van der Waals surface area contributed by atoms with Crippen LogP contribution in [0.1, 0.15) is 64.2 Å². The molecule has 0 spiro atoms. The third kappa shape index (κ3) is 3.63. The van der Waals surface area contributed by atoms with E-state index in [1.807, 2.05) is 18.2 Å². The second-order valence-electron chi connectivity index (χ2n) is 8.88. The monoisotopic (exact) mass is 375 g/mol. The van der Waals surface area contributed by atoms with Gasteiger partial charge in [0.15, 0.2) is 5.84 Å². The fourth-order valence-electron chi connectivity index (χ4n) is 4.03. The molecule has 0 bridgehead atoms. The molecule has 2 aromatic rings. The molecule has 0 amide bonds. The van der Waals surface area contributed by atoms with Gasteiger partial charge in [-0.05, 0) is 47.8 Å². The van der Waals surface area contributed by atoms with Gasteiger partial charge in [-0.25, -0.2) is 9.98 Å². The lowest BCUT2D eigenvalue weighted by atomic mass is 9.84. The molecule has 1 aliphatic rings. The maximum Gasteiger partial charge on any atom is 0.162 e. The van der Waals surface area contributed by atoms with Crippen LogP contribution in [0, 0.1) is 18.3 Å². The molecule has 1 fully saturated rings. The second kappa shape index (κ2) is 7.54. The van der Waals surface area contributed by atoms with Crippen LogP contribution in [0.3, 0.4) is 0 Å². The fraction of sp³-hybridized carbons (Fsp3) is 0.440. The van der Waals surface area contributed by atoms with Gasteiger partial charge in [-0.3, -0.25) is 0 Å². The molecule has 0 aromatic heterocycles. The van der Waals surface area contributed by atoms with Crippen LogP contribution in [-0.2, 0) is 5.41 Å². The van der Waals surface area contributed by atoms with Gasteiger partial charge in [0.05, 0.1) is 5.69 Å². The Hall–Kier alpha value is -2.42. The summed E-state index contributed by atoms with van der Waals surface area (Å²) in [5, 5.41) is 0. The van der Waals surface area contributed by atoms with E-state index in [1.165, 1.54) is 18.4 Å². The SMILES string of the molecule is CC[C@]1(C)CC1(C)c1ccccc1C(=Nc1ccccc1C)N=C(N)C(C)C. The van der Waals surface area contributed by atoms with E-state index in [1.54, 1.807) is 0 Å². The highest BCUT2D eigenvalue weighted by Crippen LogP contribution is 2.66. The molecule has 1 aliphatic carbocycles. The molecule has 0 heterocycles. The van der Waals surface area contributed by atoms with E-state index in [0.717, 1.165) is 16.8 Å². The van der Waals surface area contributed by atoms with E-state index in [9.17, 15) is 0 Å². The Bertz CT molecular complexity index is 925. The van der Waals surface area contributed by atoms with Crippen molar-refractivity contribution < 1.29 is 0 Å². The van der Waals surface area contributed by atoms with Crippen molar-refractivity contribution in [2.75, 3.05) is 0 Å². The average molecular weight is 376 g/mol. The summed E-state index contributed by atoms with van der Waals surface area (Å²) in [5.74, 6) is 1.50. The average Bonchev–Trinajstić information content (AvgIpc) is 3.25. The summed E-state index contributed by atoms with van der Waals surface area (Å²) in [5.41, 5.74) is 11.2. The molecule has 1 unspecified atom stereocenters. The zero-order chi connectivity index (χ0) is 20.5. The molecule has 3 rings (SSSR count). The standard InChI is InChI=1S/C25H33N3/c1-7-24(5)16-25(24,6)20-14-10-9-13-19(20)23(28-22(26)17(2)3)27-21-15-11-8-12-18(21)4/h8-15,17H,7,16H2,1-6H3,(H2,26,27,28)/t24-,25?/m1/s1. The number of hydrogen-bond donors (Lipinski definition) is 1. The van der Waals surface area contributed by atoms with Crippen molar-refractivity contribution in [3.8, 4) is 0 Å². The Balaban J connectivity index is 2.19. The minimum absolute atomic E-state index is 0.146. The molecule has 2 N–H and O–H groups in total. The Kier molecular flexibility index (Phi) is 5.47. The van der Waals surface area contributed by atoms with Gasteiger partial charge in [0.2, 0.25) is 0 Å². The number of aryl methyl sites for hydroxylation is 1. The highest BCUT2D eigenvalue weighted by Gasteiger charge is 2.61. The molecule has 0 saturated heterocycles. The third-order valence-corrected chi connectivity index (χ3v) is 6.66. The molecule has 0 radical (unpaired) electrons. The first-order valence-electron chi connectivity index (χ1n) is 10.3. The summed E-state index contributed by atoms with van der Waals surface area (Å²) in [7, 11) is 0. The molecular formula is C25H33N3. The number of hydrogen-bond acceptors (Lipinski definition) is 1. The van der Waals surface area contributed by atoms with Crippen LogP contribution in [0.25, 0.3) is 0 Å². The lowest BCUT2D eigenvalue weighted by Gasteiger charge is -2.21. The highest BCUT2D eigenvalue weighted by atomic mass is 15.0. The van der Waals surface area contributed by atoms with Gasteiger partial charge in [0, 0.05) is 11.5 Å². The predicted molar refractivity (Wildman–Crippen MR) is 121 cm³/mol. The van der Waals surface area contributed by atoms with Gasteiger partial charge in [-0.1, -0.05) is 77.1 Å². The smallest absolute Gasteiger partial charge is 0.162 e. The normalized spacial score (nSPS) is 25.2. The van der Waals surface area contributed by atoms with Crippen LogP contribution in [0.4, 0.5) is 5.69 Å². The number of nitrogens with zero attached hydrogens (tertiary/aromatic N) is 2. The van der Waals surface area contributed by atoms with Gasteiger partial charge in [0.25, 0.3) is 0 Å². The first-order valence-corrected chi connectivity index (χ1v) is 10.3. The molecular weight excluding hydrogens is 342 g/mol. The molecule has 2 atom stereocenters. The molecule has 0 aliphatic heterocycles. The maximum atomic E-state index is 6.27. The maximum absolute atomic E-state index is 6.27. The molecule has 3 nitrogen and oxygen atoms in total. The molecule has 28 heavy (non-hydrogen) atoms. The lowest BCUT2D eigenvalue weighted by Crippen LogP contribution is -2.22. The summed E-state index contributed by atoms with van der Waals surface area (Å²) < 4.78 is 0. The van der Waals surface area contributed by atoms with Gasteiger partial charge < -0.3 is 5.73 Å². The number of aliphatic imine (C=N–C) groups is 2. The van der Waals surface area contributed by atoms with Crippen LogP contribution in [0.5, 0.6) is 0 Å². The number of rotatable bonds is 5. The van der Waals surface area contributed by atoms with Crippen molar-refractivity contribution in [3.05, 3.63) is 65.2 Å². The first-order chi connectivity index (χ1) is 13.2. The predicted octanol–water partition coefficient (Wildman–Crippen LogP) is 6.16. The largest absolute Gasteiger partial charge is 0.387 e. The summed E-state index contributed by atoms with van der Waals surface area (Å²) in [6, 6.07) is 16.7. The molecule has 2 aromatic carbocycles. The number of amidine groups is 2. The van der Waals surface area contributed by atoms with Gasteiger partial charge in [0.1, 0.15) is 5.84 Å².